The number of carbonyl (C=O) groups excluding carboxylic acids is 1. The van der Waals surface area contributed by atoms with Crippen molar-refractivity contribution in [3.8, 4) is 5.75 Å². The molecule has 2 rings (SSSR count). The molecule has 110 valence electrons. The Hall–Kier alpha value is -1.71. The third-order valence-electron chi connectivity index (χ3n) is 3.20. The summed E-state index contributed by atoms with van der Waals surface area (Å²) in [6, 6.07) is 8.62. The van der Waals surface area contributed by atoms with E-state index < -0.39 is 0 Å². The summed E-state index contributed by atoms with van der Waals surface area (Å²) in [5.41, 5.74) is 2.41. The third-order valence-corrected chi connectivity index (χ3v) is 3.95. The summed E-state index contributed by atoms with van der Waals surface area (Å²) in [5.74, 6) is -0.500. The first-order valence-corrected chi connectivity index (χ1v) is 7.27. The first-order chi connectivity index (χ1) is 9.93. The molecule has 0 aromatic heterocycles. The number of phenols is 1. The molecule has 0 bridgehead atoms. The zero-order chi connectivity index (χ0) is 15.6. The van der Waals surface area contributed by atoms with E-state index in [-0.39, 0.29) is 22.4 Å². The summed E-state index contributed by atoms with van der Waals surface area (Å²) in [6.45, 7) is 3.83. The lowest BCUT2D eigenvalue weighted by Crippen LogP contribution is -2.12. The summed E-state index contributed by atoms with van der Waals surface area (Å²) in [7, 11) is 0. The highest BCUT2D eigenvalue weighted by Gasteiger charge is 2.16. The van der Waals surface area contributed by atoms with E-state index in [2.05, 4.69) is 5.32 Å². The molecule has 0 fully saturated rings. The van der Waals surface area contributed by atoms with Gasteiger partial charge in [-0.25, -0.2) is 0 Å². The number of benzene rings is 2. The first-order valence-electron chi connectivity index (χ1n) is 6.52. The van der Waals surface area contributed by atoms with Crippen molar-refractivity contribution in [2.75, 3.05) is 5.32 Å². The minimum absolute atomic E-state index is 0.168. The van der Waals surface area contributed by atoms with Gasteiger partial charge >= 0.3 is 0 Å². The molecule has 0 aliphatic heterocycles. The van der Waals surface area contributed by atoms with Gasteiger partial charge in [-0.1, -0.05) is 47.8 Å². The van der Waals surface area contributed by atoms with Crippen LogP contribution < -0.4 is 5.32 Å². The molecule has 5 heteroatoms. The molecule has 2 aromatic rings. The van der Waals surface area contributed by atoms with Crippen molar-refractivity contribution in [1.29, 1.82) is 0 Å². The van der Waals surface area contributed by atoms with Crippen molar-refractivity contribution in [1.82, 2.24) is 0 Å². The molecule has 0 unspecified atom stereocenters. The van der Waals surface area contributed by atoms with Crippen LogP contribution in [0.2, 0.25) is 10.0 Å². The average Bonchev–Trinajstić information content (AvgIpc) is 2.45. The van der Waals surface area contributed by atoms with E-state index in [0.717, 1.165) is 5.56 Å². The Kier molecular flexibility index (Phi) is 4.76. The molecule has 0 heterocycles. The van der Waals surface area contributed by atoms with Gasteiger partial charge in [-0.15, -0.1) is 0 Å². The highest BCUT2D eigenvalue weighted by atomic mass is 35.5. The summed E-state index contributed by atoms with van der Waals surface area (Å²) < 4.78 is 0. The fourth-order valence-corrected chi connectivity index (χ4v) is 2.69. The van der Waals surface area contributed by atoms with Crippen molar-refractivity contribution >= 4 is 34.8 Å². The third kappa shape index (κ3) is 3.31. The zero-order valence-electron chi connectivity index (χ0n) is 11.7. The van der Waals surface area contributed by atoms with Gasteiger partial charge in [-0.05, 0) is 37.1 Å². The summed E-state index contributed by atoms with van der Waals surface area (Å²) in [5, 5.41) is 13.3. The maximum atomic E-state index is 12.1. The predicted octanol–water partition coefficient (Wildman–Crippen LogP) is 4.82. The quantitative estimate of drug-likeness (QED) is 0.795. The second kappa shape index (κ2) is 6.37. The van der Waals surface area contributed by atoms with Gasteiger partial charge in [-0.2, -0.15) is 0 Å². The average molecular weight is 324 g/mol. The topological polar surface area (TPSA) is 49.3 Å². The Balaban J connectivity index is 2.31. The molecule has 0 saturated carbocycles. The van der Waals surface area contributed by atoms with E-state index in [9.17, 15) is 9.90 Å². The van der Waals surface area contributed by atoms with E-state index in [4.69, 9.17) is 23.2 Å². The Morgan fingerprint density at radius 2 is 1.86 bits per heavy atom. The predicted molar refractivity (Wildman–Crippen MR) is 86.6 cm³/mol. The van der Waals surface area contributed by atoms with Gasteiger partial charge in [0.25, 0.3) is 5.91 Å². The molecule has 2 N–H and O–H groups in total. The monoisotopic (exact) mass is 323 g/mol. The first kappa shape index (κ1) is 15.7. The molecule has 2 aromatic carbocycles. The number of hydrogen-bond acceptors (Lipinski definition) is 2. The van der Waals surface area contributed by atoms with Crippen LogP contribution in [-0.2, 0) is 6.42 Å². The van der Waals surface area contributed by atoms with Gasteiger partial charge in [-0.3, -0.25) is 4.79 Å². The van der Waals surface area contributed by atoms with Crippen molar-refractivity contribution in [3.63, 3.8) is 0 Å². The Labute approximate surface area is 133 Å². The van der Waals surface area contributed by atoms with E-state index in [1.807, 2.05) is 26.0 Å². The normalized spacial score (nSPS) is 10.5. The van der Waals surface area contributed by atoms with E-state index >= 15 is 0 Å². The minimum atomic E-state index is -0.332. The van der Waals surface area contributed by atoms with Gasteiger partial charge in [0.2, 0.25) is 0 Å². The summed E-state index contributed by atoms with van der Waals surface area (Å²) in [4.78, 5) is 12.1. The minimum Gasteiger partial charge on any atom is -0.504 e. The number of aromatic hydroxyl groups is 1. The molecule has 0 saturated heterocycles. The molecule has 0 radical (unpaired) electrons. The SMILES string of the molecule is CCc1c(Cl)cc(NC(=O)c2ccc(C)cc2)c(O)c1Cl. The van der Waals surface area contributed by atoms with E-state index in [1.54, 1.807) is 12.1 Å². The van der Waals surface area contributed by atoms with Crippen molar-refractivity contribution in [2.45, 2.75) is 20.3 Å². The molecule has 0 aliphatic carbocycles. The van der Waals surface area contributed by atoms with E-state index in [1.165, 1.54) is 6.07 Å². The van der Waals surface area contributed by atoms with Crippen LogP contribution >= 0.6 is 23.2 Å². The van der Waals surface area contributed by atoms with Crippen LogP contribution in [0.5, 0.6) is 5.75 Å². The number of rotatable bonds is 3. The van der Waals surface area contributed by atoms with Crippen LogP contribution in [0.3, 0.4) is 0 Å². The Morgan fingerprint density at radius 1 is 1.24 bits per heavy atom. The van der Waals surface area contributed by atoms with Gasteiger partial charge in [0.05, 0.1) is 10.7 Å². The molecule has 0 atom stereocenters. The molecular formula is C16H15Cl2NO2. The van der Waals surface area contributed by atoms with Gasteiger partial charge < -0.3 is 10.4 Å². The molecule has 21 heavy (non-hydrogen) atoms. The second-order valence-electron chi connectivity index (χ2n) is 4.72. The Morgan fingerprint density at radius 3 is 2.43 bits per heavy atom. The smallest absolute Gasteiger partial charge is 0.255 e. The number of nitrogens with one attached hydrogen (secondary N) is 1. The summed E-state index contributed by atoms with van der Waals surface area (Å²) >= 11 is 12.2. The lowest BCUT2D eigenvalue weighted by atomic mass is 10.1. The fourth-order valence-electron chi connectivity index (χ4n) is 1.97. The summed E-state index contributed by atoms with van der Waals surface area (Å²) in [6.07, 6.45) is 0.595. The van der Waals surface area contributed by atoms with Crippen molar-refractivity contribution < 1.29 is 9.90 Å². The van der Waals surface area contributed by atoms with Gasteiger partial charge in [0, 0.05) is 10.6 Å². The molecule has 1 amide bonds. The number of phenolic OH excluding ortho intramolecular Hbond substituents is 1. The molecule has 0 aliphatic rings. The standard InChI is InChI=1S/C16H15Cl2NO2/c1-3-11-12(17)8-13(15(20)14(11)18)19-16(21)10-6-4-9(2)5-7-10/h4-8,20H,3H2,1-2H3,(H,19,21). The second-order valence-corrected chi connectivity index (χ2v) is 5.51. The highest BCUT2D eigenvalue weighted by molar-refractivity contribution is 6.37. The zero-order valence-corrected chi connectivity index (χ0v) is 13.2. The van der Waals surface area contributed by atoms with Crippen LogP contribution in [0, 0.1) is 6.92 Å². The molecular weight excluding hydrogens is 309 g/mol. The van der Waals surface area contributed by atoms with Gasteiger partial charge in [0.1, 0.15) is 0 Å². The fraction of sp³-hybridized carbons (Fsp3) is 0.188. The van der Waals surface area contributed by atoms with Gasteiger partial charge in [0.15, 0.2) is 5.75 Å². The lowest BCUT2D eigenvalue weighted by molar-refractivity contribution is 0.102. The number of carbonyl (C=O) groups is 1. The van der Waals surface area contributed by atoms with Crippen LogP contribution in [0.25, 0.3) is 0 Å². The van der Waals surface area contributed by atoms with Crippen LogP contribution in [-0.4, -0.2) is 11.0 Å². The number of anilines is 1. The maximum Gasteiger partial charge on any atom is 0.255 e. The maximum absolute atomic E-state index is 12.1. The number of hydrogen-bond donors (Lipinski definition) is 2. The lowest BCUT2D eigenvalue weighted by Gasteiger charge is -2.13. The van der Waals surface area contributed by atoms with Crippen LogP contribution in [0.1, 0.15) is 28.4 Å². The number of aryl methyl sites for hydroxylation is 1. The largest absolute Gasteiger partial charge is 0.504 e. The molecule has 0 spiro atoms. The number of halogens is 2. The van der Waals surface area contributed by atoms with Crippen LogP contribution in [0.4, 0.5) is 5.69 Å². The van der Waals surface area contributed by atoms with Crippen LogP contribution in [0.15, 0.2) is 30.3 Å². The highest BCUT2D eigenvalue weighted by Crippen LogP contribution is 2.39. The Bertz CT molecular complexity index is 682. The number of amides is 1. The van der Waals surface area contributed by atoms with E-state index in [0.29, 0.717) is 22.6 Å². The van der Waals surface area contributed by atoms with Crippen molar-refractivity contribution in [3.05, 3.63) is 57.1 Å². The molecule has 3 nitrogen and oxygen atoms in total. The van der Waals surface area contributed by atoms with Crippen molar-refractivity contribution in [2.24, 2.45) is 0 Å².